The predicted molar refractivity (Wildman–Crippen MR) is 124 cm³/mol. The number of amides is 2. The number of aliphatic hydroxyl groups is 1. The lowest BCUT2D eigenvalue weighted by atomic mass is 10.1. The Morgan fingerprint density at radius 3 is 2.42 bits per heavy atom. The van der Waals surface area contributed by atoms with Gasteiger partial charge in [0.05, 0.1) is 26.4 Å². The third-order valence-corrected chi connectivity index (χ3v) is 5.64. The van der Waals surface area contributed by atoms with E-state index in [1.54, 1.807) is 26.2 Å². The second-order valence-electron chi connectivity index (χ2n) is 8.43. The molecular formula is C24H37N3O6. The molecule has 0 aliphatic carbocycles. The van der Waals surface area contributed by atoms with Gasteiger partial charge in [-0.1, -0.05) is 25.5 Å². The fourth-order valence-corrected chi connectivity index (χ4v) is 3.54. The minimum absolute atomic E-state index is 0.165. The van der Waals surface area contributed by atoms with Crippen LogP contribution in [0.4, 0.5) is 0 Å². The zero-order chi connectivity index (χ0) is 24.2. The Bertz CT molecular complexity index is 762. The molecule has 1 aromatic rings. The van der Waals surface area contributed by atoms with Crippen LogP contribution < -0.4 is 15.4 Å². The van der Waals surface area contributed by atoms with Gasteiger partial charge in [0.15, 0.2) is 0 Å². The second kappa shape index (κ2) is 13.8. The Balaban J connectivity index is 1.93. The number of methoxy groups -OCH3 is 1. The van der Waals surface area contributed by atoms with E-state index < -0.39 is 24.0 Å². The van der Waals surface area contributed by atoms with Crippen molar-refractivity contribution >= 4 is 17.8 Å². The molecule has 0 aromatic heterocycles. The lowest BCUT2D eigenvalue weighted by Crippen LogP contribution is -2.53. The van der Waals surface area contributed by atoms with E-state index in [-0.39, 0.29) is 25.0 Å². The number of piperidine rings is 1. The molecule has 9 heteroatoms. The maximum atomic E-state index is 12.7. The first kappa shape index (κ1) is 26.6. The smallest absolute Gasteiger partial charge is 0.328 e. The molecule has 1 fully saturated rings. The number of hydrogen-bond donors (Lipinski definition) is 3. The molecule has 1 saturated heterocycles. The molecule has 2 rings (SSSR count). The first-order valence-electron chi connectivity index (χ1n) is 11.6. The molecule has 0 saturated carbocycles. The van der Waals surface area contributed by atoms with E-state index in [2.05, 4.69) is 10.6 Å². The van der Waals surface area contributed by atoms with Crippen molar-refractivity contribution in [3.8, 4) is 5.75 Å². The number of esters is 1. The molecule has 0 spiro atoms. The fourth-order valence-electron chi connectivity index (χ4n) is 3.54. The highest BCUT2D eigenvalue weighted by molar-refractivity contribution is 5.91. The molecule has 184 valence electrons. The number of ether oxygens (including phenoxy) is 2. The molecular weight excluding hydrogens is 426 g/mol. The number of hydrogen-bond acceptors (Lipinski definition) is 7. The van der Waals surface area contributed by atoms with E-state index in [1.165, 1.54) is 0 Å². The number of unbranched alkanes of at least 4 members (excludes halogenated alkanes) is 1. The van der Waals surface area contributed by atoms with Gasteiger partial charge in [-0.15, -0.1) is 0 Å². The van der Waals surface area contributed by atoms with Gasteiger partial charge in [0.1, 0.15) is 17.8 Å². The number of nitrogens with zero attached hydrogens (tertiary/aromatic N) is 1. The summed E-state index contributed by atoms with van der Waals surface area (Å²) in [6.45, 7) is 5.33. The van der Waals surface area contributed by atoms with E-state index in [0.717, 1.165) is 18.4 Å². The van der Waals surface area contributed by atoms with Crippen molar-refractivity contribution in [3.05, 3.63) is 29.8 Å². The highest BCUT2D eigenvalue weighted by Crippen LogP contribution is 2.14. The molecule has 2 atom stereocenters. The van der Waals surface area contributed by atoms with Gasteiger partial charge in [0.2, 0.25) is 11.8 Å². The quantitative estimate of drug-likeness (QED) is 0.313. The number of aliphatic hydroxyl groups excluding tert-OH is 1. The summed E-state index contributed by atoms with van der Waals surface area (Å²) < 4.78 is 10.5. The summed E-state index contributed by atoms with van der Waals surface area (Å²) in [4.78, 5) is 39.7. The van der Waals surface area contributed by atoms with Crippen molar-refractivity contribution in [2.24, 2.45) is 0 Å². The van der Waals surface area contributed by atoms with Crippen molar-refractivity contribution in [1.82, 2.24) is 15.5 Å². The Morgan fingerprint density at radius 2 is 1.82 bits per heavy atom. The summed E-state index contributed by atoms with van der Waals surface area (Å²) >= 11 is 0. The zero-order valence-corrected chi connectivity index (χ0v) is 19.8. The first-order chi connectivity index (χ1) is 15.8. The number of benzene rings is 1. The number of nitrogens with one attached hydrogen (secondary N) is 2. The summed E-state index contributed by atoms with van der Waals surface area (Å²) in [6, 6.07) is 5.56. The average molecular weight is 464 g/mol. The summed E-state index contributed by atoms with van der Waals surface area (Å²) in [5.41, 5.74) is 0.845. The molecule has 0 unspecified atom stereocenters. The van der Waals surface area contributed by atoms with Crippen molar-refractivity contribution in [2.45, 2.75) is 64.1 Å². The Hall–Kier alpha value is -2.65. The lowest BCUT2D eigenvalue weighted by molar-refractivity contribution is -0.148. The minimum Gasteiger partial charge on any atom is -0.497 e. The topological polar surface area (TPSA) is 117 Å². The average Bonchev–Trinajstić information content (AvgIpc) is 2.80. The van der Waals surface area contributed by atoms with Crippen LogP contribution in [0.2, 0.25) is 0 Å². The van der Waals surface area contributed by atoms with Crippen LogP contribution in [-0.4, -0.2) is 79.3 Å². The van der Waals surface area contributed by atoms with Crippen LogP contribution >= 0.6 is 0 Å². The van der Waals surface area contributed by atoms with Crippen molar-refractivity contribution in [1.29, 1.82) is 0 Å². The molecule has 0 bridgehead atoms. The number of likely N-dealkylation sites (tertiary alicyclic amines) is 1. The summed E-state index contributed by atoms with van der Waals surface area (Å²) in [5.74, 6) is -0.530. The van der Waals surface area contributed by atoms with Crippen molar-refractivity contribution in [2.75, 3.05) is 33.4 Å². The summed E-state index contributed by atoms with van der Waals surface area (Å²) in [5, 5.41) is 15.0. The van der Waals surface area contributed by atoms with Gasteiger partial charge < -0.3 is 25.2 Å². The first-order valence-corrected chi connectivity index (χ1v) is 11.6. The van der Waals surface area contributed by atoms with E-state index in [4.69, 9.17) is 9.47 Å². The lowest BCUT2D eigenvalue weighted by Gasteiger charge is -2.29. The number of rotatable bonds is 12. The highest BCUT2D eigenvalue weighted by Gasteiger charge is 2.26. The van der Waals surface area contributed by atoms with Gasteiger partial charge in [-0.2, -0.15) is 0 Å². The summed E-state index contributed by atoms with van der Waals surface area (Å²) in [6.07, 6.45) is 2.86. The maximum Gasteiger partial charge on any atom is 0.328 e. The minimum atomic E-state index is -0.870. The molecule has 3 N–H and O–H groups in total. The van der Waals surface area contributed by atoms with Crippen molar-refractivity contribution < 1.29 is 29.0 Å². The molecule has 33 heavy (non-hydrogen) atoms. The van der Waals surface area contributed by atoms with E-state index in [0.29, 0.717) is 38.3 Å². The van der Waals surface area contributed by atoms with Gasteiger partial charge in [-0.25, -0.2) is 4.79 Å². The van der Waals surface area contributed by atoms with Gasteiger partial charge >= 0.3 is 5.97 Å². The largest absolute Gasteiger partial charge is 0.497 e. The van der Waals surface area contributed by atoms with Crippen molar-refractivity contribution in [3.63, 3.8) is 0 Å². The third-order valence-electron chi connectivity index (χ3n) is 5.64. The van der Waals surface area contributed by atoms with Crippen LogP contribution in [0.15, 0.2) is 24.3 Å². The SMILES string of the molecule is CCCCOC(=O)[C@H](Cc1ccc(OC)cc1)NC(=O)[C@H](C)NC(=O)CN1CCC(O)CC1. The zero-order valence-electron chi connectivity index (χ0n) is 19.8. The van der Waals surface area contributed by atoms with Gasteiger partial charge in [-0.3, -0.25) is 14.5 Å². The predicted octanol–water partition coefficient (Wildman–Crippen LogP) is 1.03. The Kier molecular flexibility index (Phi) is 11.1. The molecule has 0 radical (unpaired) electrons. The fraction of sp³-hybridized carbons (Fsp3) is 0.625. The highest BCUT2D eigenvalue weighted by atomic mass is 16.5. The third kappa shape index (κ3) is 9.39. The second-order valence-corrected chi connectivity index (χ2v) is 8.43. The van der Waals surface area contributed by atoms with Gasteiger partial charge in [0.25, 0.3) is 0 Å². The van der Waals surface area contributed by atoms with E-state index in [1.807, 2.05) is 24.0 Å². The number of carbonyl (C=O) groups excluding carboxylic acids is 3. The monoisotopic (exact) mass is 463 g/mol. The summed E-state index contributed by atoms with van der Waals surface area (Å²) in [7, 11) is 1.58. The molecule has 1 aliphatic heterocycles. The van der Waals surface area contributed by atoms with E-state index in [9.17, 15) is 19.5 Å². The molecule has 1 aromatic carbocycles. The normalized spacial score (nSPS) is 16.5. The van der Waals surface area contributed by atoms with Crippen LogP contribution in [0, 0.1) is 0 Å². The molecule has 9 nitrogen and oxygen atoms in total. The van der Waals surface area contributed by atoms with Crippen LogP contribution in [0.3, 0.4) is 0 Å². The molecule has 2 amide bonds. The number of carbonyl (C=O) groups is 3. The Labute approximate surface area is 195 Å². The van der Waals surface area contributed by atoms with Crippen LogP contribution in [0.1, 0.15) is 45.1 Å². The van der Waals surface area contributed by atoms with E-state index >= 15 is 0 Å². The van der Waals surface area contributed by atoms with Crippen LogP contribution in [0.25, 0.3) is 0 Å². The van der Waals surface area contributed by atoms with Gasteiger partial charge in [0, 0.05) is 19.5 Å². The van der Waals surface area contributed by atoms with Crippen LogP contribution in [0.5, 0.6) is 5.75 Å². The maximum absolute atomic E-state index is 12.7. The Morgan fingerprint density at radius 1 is 1.15 bits per heavy atom. The molecule has 1 heterocycles. The van der Waals surface area contributed by atoms with Gasteiger partial charge in [-0.05, 0) is 43.9 Å². The van der Waals surface area contributed by atoms with Crippen LogP contribution in [-0.2, 0) is 25.5 Å². The molecule has 1 aliphatic rings. The standard InChI is InChI=1S/C24H37N3O6/c1-4-5-14-33-24(31)21(15-18-6-8-20(32-3)9-7-18)26-23(30)17(2)25-22(29)16-27-12-10-19(28)11-13-27/h6-9,17,19,21,28H,4-5,10-16H2,1-3H3,(H,25,29)(H,26,30)/t17-,21-/m0/s1.